The molecule has 0 saturated carbocycles. The Hall–Kier alpha value is -1.64. The van der Waals surface area contributed by atoms with Crippen molar-refractivity contribution in [3.05, 3.63) is 41.5 Å². The van der Waals surface area contributed by atoms with Crippen molar-refractivity contribution >= 4 is 12.0 Å². The molecule has 1 aromatic rings. The third kappa shape index (κ3) is 1.93. The van der Waals surface area contributed by atoms with E-state index in [2.05, 4.69) is 11.5 Å². The third-order valence-corrected chi connectivity index (χ3v) is 1.72. The molecule has 0 aliphatic rings. The Morgan fingerprint density at radius 3 is 2.85 bits per heavy atom. The lowest BCUT2D eigenvalue weighted by Gasteiger charge is -2.01. The van der Waals surface area contributed by atoms with Crippen LogP contribution in [0, 0.1) is 6.92 Å². The molecule has 0 fully saturated rings. The van der Waals surface area contributed by atoms with Gasteiger partial charge < -0.3 is 0 Å². The molecule has 68 valence electrons. The summed E-state index contributed by atoms with van der Waals surface area (Å²) >= 11 is 0. The summed E-state index contributed by atoms with van der Waals surface area (Å²) in [6.45, 7) is 5.39. The molecular weight excluding hydrogens is 171 g/mol. The summed E-state index contributed by atoms with van der Waals surface area (Å²) in [5.41, 5.74) is 1.73. The number of rotatable bonds is 2. The van der Waals surface area contributed by atoms with Crippen molar-refractivity contribution in [2.45, 2.75) is 6.92 Å². The van der Waals surface area contributed by atoms with Gasteiger partial charge in [-0.25, -0.2) is 9.74 Å². The van der Waals surface area contributed by atoms with Crippen LogP contribution in [0.3, 0.4) is 0 Å². The van der Waals surface area contributed by atoms with Crippen molar-refractivity contribution in [2.24, 2.45) is 0 Å². The first-order chi connectivity index (χ1) is 6.19. The summed E-state index contributed by atoms with van der Waals surface area (Å²) in [5, 5.41) is 0. The van der Waals surface area contributed by atoms with E-state index in [4.69, 9.17) is 0 Å². The zero-order valence-electron chi connectivity index (χ0n) is 7.21. The first kappa shape index (κ1) is 9.45. The van der Waals surface area contributed by atoms with E-state index in [-0.39, 0.29) is 5.56 Å². The zero-order chi connectivity index (χ0) is 9.84. The molecule has 13 heavy (non-hydrogen) atoms. The van der Waals surface area contributed by atoms with Crippen LogP contribution >= 0.6 is 0 Å². The fourth-order valence-electron chi connectivity index (χ4n) is 1.08. The Morgan fingerprint density at radius 2 is 2.31 bits per heavy atom. The summed E-state index contributed by atoms with van der Waals surface area (Å²) in [4.78, 5) is 14.0. The van der Waals surface area contributed by atoms with Gasteiger partial charge >= 0.3 is 5.97 Å². The summed E-state index contributed by atoms with van der Waals surface area (Å²) < 4.78 is 11.6. The van der Waals surface area contributed by atoms with Crippen LogP contribution in [0.2, 0.25) is 0 Å². The predicted molar refractivity (Wildman–Crippen MR) is 47.8 cm³/mol. The van der Waals surface area contributed by atoms with E-state index in [0.717, 1.165) is 5.56 Å². The van der Waals surface area contributed by atoms with Gasteiger partial charge in [0.1, 0.15) is 0 Å². The number of carbonyl (C=O) groups excluding carboxylic acids is 1. The number of carbonyl (C=O) groups is 1. The van der Waals surface area contributed by atoms with E-state index in [9.17, 15) is 9.32 Å². The van der Waals surface area contributed by atoms with Crippen molar-refractivity contribution in [2.75, 3.05) is 0 Å². The molecule has 0 aliphatic heterocycles. The van der Waals surface area contributed by atoms with Gasteiger partial charge in [0.25, 0.3) is 0 Å². The second-order valence-corrected chi connectivity index (χ2v) is 2.66. The van der Waals surface area contributed by atoms with E-state index >= 15 is 0 Å². The minimum Gasteiger partial charge on any atom is -0.249 e. The highest BCUT2D eigenvalue weighted by molar-refractivity contribution is 5.93. The van der Waals surface area contributed by atoms with Gasteiger partial charge in [-0.15, -0.1) is 0 Å². The molecule has 1 rings (SSSR count). The van der Waals surface area contributed by atoms with Crippen LogP contribution in [0.1, 0.15) is 21.5 Å². The van der Waals surface area contributed by atoms with E-state index in [1.54, 1.807) is 12.1 Å². The molecule has 0 unspecified atom stereocenters. The molecule has 0 heterocycles. The van der Waals surface area contributed by atoms with Crippen molar-refractivity contribution in [1.29, 1.82) is 0 Å². The molecule has 0 atom stereocenters. The molecule has 0 radical (unpaired) electrons. The second-order valence-electron chi connectivity index (χ2n) is 2.66. The van der Waals surface area contributed by atoms with Gasteiger partial charge in [-0.05, 0) is 18.6 Å². The number of aryl methyl sites for hydroxylation is 1. The smallest absolute Gasteiger partial charge is 0.249 e. The molecule has 0 amide bonds. The van der Waals surface area contributed by atoms with Crippen molar-refractivity contribution in [3.63, 3.8) is 0 Å². The number of hydrogen-bond acceptors (Lipinski definition) is 2. The Balaban J connectivity index is 3.20. The third-order valence-electron chi connectivity index (χ3n) is 1.72. The van der Waals surface area contributed by atoms with E-state index in [1.165, 1.54) is 12.1 Å². The molecular formula is C10H9FO2. The van der Waals surface area contributed by atoms with E-state index < -0.39 is 5.97 Å². The van der Waals surface area contributed by atoms with Gasteiger partial charge in [-0.1, -0.05) is 30.4 Å². The molecule has 0 saturated heterocycles. The molecule has 0 N–H and O–H groups in total. The summed E-state index contributed by atoms with van der Waals surface area (Å²) in [6.07, 6.45) is 1.49. The molecule has 0 bridgehead atoms. The predicted octanol–water partition coefficient (Wildman–Crippen LogP) is 2.68. The first-order valence-corrected chi connectivity index (χ1v) is 3.75. The lowest BCUT2D eigenvalue weighted by Crippen LogP contribution is -2.01. The topological polar surface area (TPSA) is 26.3 Å². The van der Waals surface area contributed by atoms with E-state index in [1.807, 2.05) is 6.92 Å². The van der Waals surface area contributed by atoms with Crippen LogP contribution in [0.25, 0.3) is 6.08 Å². The monoisotopic (exact) mass is 180 g/mol. The van der Waals surface area contributed by atoms with Crippen LogP contribution in [0.4, 0.5) is 4.53 Å². The Bertz CT molecular complexity index is 345. The molecule has 0 aromatic heterocycles. The Morgan fingerprint density at radius 1 is 1.62 bits per heavy atom. The maximum Gasteiger partial charge on any atom is 0.380 e. The summed E-state index contributed by atoms with van der Waals surface area (Å²) in [6, 6.07) is 4.95. The van der Waals surface area contributed by atoms with Crippen molar-refractivity contribution in [3.8, 4) is 0 Å². The normalized spacial score (nSPS) is 9.38. The van der Waals surface area contributed by atoms with Crippen molar-refractivity contribution in [1.82, 2.24) is 0 Å². The zero-order valence-corrected chi connectivity index (χ0v) is 7.21. The average Bonchev–Trinajstić information content (AvgIpc) is 2.16. The summed E-state index contributed by atoms with van der Waals surface area (Å²) in [7, 11) is 0. The highest BCUT2D eigenvalue weighted by atomic mass is 19.3. The van der Waals surface area contributed by atoms with Crippen LogP contribution in [0.15, 0.2) is 24.8 Å². The largest absolute Gasteiger partial charge is 0.380 e. The standard InChI is InChI=1S/C10H9FO2/c1-3-8-6-7(2)4-5-9(8)10(12)13-11/h3-6H,1H2,2H3. The molecule has 2 nitrogen and oxygen atoms in total. The minimum atomic E-state index is -0.991. The maximum absolute atomic E-state index is 11.6. The fraction of sp³-hybridized carbons (Fsp3) is 0.100. The molecule has 0 spiro atoms. The highest BCUT2D eigenvalue weighted by Crippen LogP contribution is 2.14. The van der Waals surface area contributed by atoms with E-state index in [0.29, 0.717) is 5.56 Å². The van der Waals surface area contributed by atoms with Gasteiger partial charge in [0.2, 0.25) is 0 Å². The minimum absolute atomic E-state index is 0.183. The number of hydrogen-bond donors (Lipinski definition) is 0. The van der Waals surface area contributed by atoms with Gasteiger partial charge in [-0.2, -0.15) is 0 Å². The van der Waals surface area contributed by atoms with Crippen molar-refractivity contribution < 1.29 is 14.3 Å². The maximum atomic E-state index is 11.6. The highest BCUT2D eigenvalue weighted by Gasteiger charge is 2.11. The van der Waals surface area contributed by atoms with Gasteiger partial charge in [0.15, 0.2) is 0 Å². The lowest BCUT2D eigenvalue weighted by molar-refractivity contribution is -0.0788. The van der Waals surface area contributed by atoms with Crippen LogP contribution in [-0.2, 0) is 4.94 Å². The SMILES string of the molecule is C=Cc1cc(C)ccc1C(=O)OF. The Kier molecular flexibility index (Phi) is 2.80. The average molecular weight is 180 g/mol. The van der Waals surface area contributed by atoms with Gasteiger partial charge in [0, 0.05) is 4.53 Å². The fourth-order valence-corrected chi connectivity index (χ4v) is 1.08. The molecule has 1 aromatic carbocycles. The van der Waals surface area contributed by atoms with Gasteiger partial charge in [-0.3, -0.25) is 0 Å². The second kappa shape index (κ2) is 3.85. The first-order valence-electron chi connectivity index (χ1n) is 3.75. The number of benzene rings is 1. The summed E-state index contributed by atoms with van der Waals surface area (Å²) in [5.74, 6) is -0.991. The van der Waals surface area contributed by atoms with Crippen LogP contribution in [-0.4, -0.2) is 5.97 Å². The van der Waals surface area contributed by atoms with Gasteiger partial charge in [0.05, 0.1) is 5.56 Å². The molecule has 3 heteroatoms. The number of halogens is 1. The molecule has 0 aliphatic carbocycles. The van der Waals surface area contributed by atoms with Crippen LogP contribution in [0.5, 0.6) is 0 Å². The quantitative estimate of drug-likeness (QED) is 0.699. The lowest BCUT2D eigenvalue weighted by atomic mass is 10.0. The van der Waals surface area contributed by atoms with Crippen LogP contribution < -0.4 is 0 Å². The Labute approximate surface area is 75.5 Å².